The molecule has 0 bridgehead atoms. The van der Waals surface area contributed by atoms with Crippen molar-refractivity contribution in [3.05, 3.63) is 51.5 Å². The van der Waals surface area contributed by atoms with Gasteiger partial charge in [-0.15, -0.1) is 0 Å². The predicted molar refractivity (Wildman–Crippen MR) is 96.6 cm³/mol. The molecule has 2 aromatic carbocycles. The third-order valence-corrected chi connectivity index (χ3v) is 7.11. The fourth-order valence-electron chi connectivity index (χ4n) is 1.74. The summed E-state index contributed by atoms with van der Waals surface area (Å²) < 4.78 is 55.1. The largest absolute Gasteiger partial charge is 0.377 e. The van der Waals surface area contributed by atoms with E-state index in [9.17, 15) is 16.8 Å². The predicted octanol–water partition coefficient (Wildman–Crippen LogP) is 3.66. The van der Waals surface area contributed by atoms with E-state index in [-0.39, 0.29) is 30.6 Å². The molecule has 0 radical (unpaired) electrons. The van der Waals surface area contributed by atoms with Crippen LogP contribution in [0.15, 0.2) is 46.2 Å². The van der Waals surface area contributed by atoms with Gasteiger partial charge in [-0.3, -0.25) is 0 Å². The molecule has 2 rings (SSSR count). The zero-order valence-electron chi connectivity index (χ0n) is 12.9. The Hall–Kier alpha value is -1.03. The first kappa shape index (κ1) is 20.3. The van der Waals surface area contributed by atoms with Gasteiger partial charge >= 0.3 is 10.1 Å². The Morgan fingerprint density at radius 2 is 1.40 bits per heavy atom. The Bertz CT molecular complexity index is 1020. The molecule has 0 heterocycles. The van der Waals surface area contributed by atoms with Crippen molar-refractivity contribution in [2.45, 2.75) is 9.79 Å². The van der Waals surface area contributed by atoms with Crippen LogP contribution >= 0.6 is 34.8 Å². The maximum atomic E-state index is 12.4. The SMILES string of the molecule is CN(C)S(=O)(=O)c1cccc(S(=O)(=O)Oc2cc(Cl)c(Cl)cc2Cl)c1. The number of rotatable bonds is 5. The zero-order valence-corrected chi connectivity index (χ0v) is 16.8. The summed E-state index contributed by atoms with van der Waals surface area (Å²) in [7, 11) is -5.48. The van der Waals surface area contributed by atoms with Gasteiger partial charge in [-0.2, -0.15) is 8.42 Å². The van der Waals surface area contributed by atoms with Gasteiger partial charge in [-0.25, -0.2) is 12.7 Å². The summed E-state index contributed by atoms with van der Waals surface area (Å²) >= 11 is 17.5. The quantitative estimate of drug-likeness (QED) is 0.519. The minimum atomic E-state index is -4.34. The second kappa shape index (κ2) is 7.30. The molecule has 0 amide bonds. The Kier molecular flexibility index (Phi) is 5.92. The molecule has 0 fully saturated rings. The second-order valence-electron chi connectivity index (χ2n) is 5.00. The van der Waals surface area contributed by atoms with Gasteiger partial charge in [0.15, 0.2) is 5.75 Å². The number of hydrogen-bond acceptors (Lipinski definition) is 5. The number of halogens is 3. The van der Waals surface area contributed by atoms with Crippen LogP contribution in [-0.4, -0.2) is 35.2 Å². The highest BCUT2D eigenvalue weighted by molar-refractivity contribution is 7.89. The minimum Gasteiger partial charge on any atom is -0.377 e. The van der Waals surface area contributed by atoms with Gasteiger partial charge in [0.05, 0.1) is 20.0 Å². The molecule has 11 heteroatoms. The van der Waals surface area contributed by atoms with Crippen molar-refractivity contribution in [2.75, 3.05) is 14.1 Å². The van der Waals surface area contributed by atoms with E-state index in [0.717, 1.165) is 16.4 Å². The molecule has 0 saturated heterocycles. The van der Waals surface area contributed by atoms with E-state index >= 15 is 0 Å². The first-order valence-corrected chi connectivity index (χ1v) is 10.5. The molecule has 0 N–H and O–H groups in total. The molecule has 0 spiro atoms. The minimum absolute atomic E-state index is 0.0557. The Balaban J connectivity index is 2.47. The summed E-state index contributed by atoms with van der Waals surface area (Å²) in [6.07, 6.45) is 0. The lowest BCUT2D eigenvalue weighted by molar-refractivity contribution is 0.486. The lowest BCUT2D eigenvalue weighted by Gasteiger charge is -2.13. The Morgan fingerprint density at radius 1 is 0.840 bits per heavy atom. The van der Waals surface area contributed by atoms with E-state index in [1.807, 2.05) is 0 Å². The number of benzene rings is 2. The van der Waals surface area contributed by atoms with E-state index in [2.05, 4.69) is 0 Å². The van der Waals surface area contributed by atoms with Crippen LogP contribution < -0.4 is 4.18 Å². The van der Waals surface area contributed by atoms with Gasteiger partial charge in [-0.1, -0.05) is 40.9 Å². The maximum absolute atomic E-state index is 12.4. The number of nitrogens with zero attached hydrogens (tertiary/aromatic N) is 1. The lowest BCUT2D eigenvalue weighted by atomic mass is 10.3. The van der Waals surface area contributed by atoms with Crippen molar-refractivity contribution in [1.82, 2.24) is 4.31 Å². The molecule has 136 valence electrons. The molecular formula is C14H12Cl3NO5S2. The topological polar surface area (TPSA) is 80.8 Å². The summed E-state index contributed by atoms with van der Waals surface area (Å²) in [4.78, 5) is -0.542. The van der Waals surface area contributed by atoms with E-state index in [4.69, 9.17) is 39.0 Å². The molecule has 0 aromatic heterocycles. The maximum Gasteiger partial charge on any atom is 0.339 e. The van der Waals surface area contributed by atoms with Gasteiger partial charge in [0, 0.05) is 20.2 Å². The average Bonchev–Trinajstić information content (AvgIpc) is 2.52. The molecule has 0 unspecified atom stereocenters. The molecular weight excluding hydrogens is 433 g/mol. The van der Waals surface area contributed by atoms with Crippen LogP contribution in [0.3, 0.4) is 0 Å². The van der Waals surface area contributed by atoms with Crippen molar-refractivity contribution in [1.29, 1.82) is 0 Å². The van der Waals surface area contributed by atoms with Crippen molar-refractivity contribution in [3.8, 4) is 5.75 Å². The van der Waals surface area contributed by atoms with Crippen molar-refractivity contribution >= 4 is 54.9 Å². The summed E-state index contributed by atoms with van der Waals surface area (Å²) in [5.74, 6) is -0.225. The first-order valence-electron chi connectivity index (χ1n) is 6.57. The first-order chi connectivity index (χ1) is 11.4. The Morgan fingerprint density at radius 3 is 2.00 bits per heavy atom. The normalized spacial score (nSPS) is 12.4. The van der Waals surface area contributed by atoms with Crippen LogP contribution in [0.4, 0.5) is 0 Å². The monoisotopic (exact) mass is 443 g/mol. The highest BCUT2D eigenvalue weighted by atomic mass is 35.5. The number of sulfonamides is 1. The summed E-state index contributed by atoms with van der Waals surface area (Å²) in [5.41, 5.74) is 0. The van der Waals surface area contributed by atoms with E-state index in [1.165, 1.54) is 38.4 Å². The van der Waals surface area contributed by atoms with Crippen LogP contribution in [-0.2, 0) is 20.1 Å². The molecule has 0 aliphatic rings. The molecule has 2 aromatic rings. The van der Waals surface area contributed by atoms with Gasteiger partial charge in [-0.05, 0) is 24.3 Å². The highest BCUT2D eigenvalue weighted by Crippen LogP contribution is 2.35. The molecule has 0 aliphatic heterocycles. The fraction of sp³-hybridized carbons (Fsp3) is 0.143. The summed E-state index contributed by atoms with van der Waals surface area (Å²) in [6, 6.07) is 7.17. The molecule has 6 nitrogen and oxygen atoms in total. The van der Waals surface area contributed by atoms with Crippen LogP contribution in [0.25, 0.3) is 0 Å². The van der Waals surface area contributed by atoms with Gasteiger partial charge < -0.3 is 4.18 Å². The standard InChI is InChI=1S/C14H12Cl3NO5S2/c1-18(2)24(19,20)9-4-3-5-10(6-9)25(21,22)23-14-8-12(16)11(15)7-13(14)17/h3-8H,1-2H3. The van der Waals surface area contributed by atoms with Crippen LogP contribution in [0, 0.1) is 0 Å². The highest BCUT2D eigenvalue weighted by Gasteiger charge is 2.23. The fourth-order valence-corrected chi connectivity index (χ4v) is 4.37. The van der Waals surface area contributed by atoms with Gasteiger partial charge in [0.1, 0.15) is 4.90 Å². The molecule has 25 heavy (non-hydrogen) atoms. The third-order valence-electron chi connectivity index (χ3n) is 3.05. The Labute approximate surface area is 161 Å². The van der Waals surface area contributed by atoms with Crippen LogP contribution in [0.2, 0.25) is 15.1 Å². The lowest BCUT2D eigenvalue weighted by Crippen LogP contribution is -2.22. The van der Waals surface area contributed by atoms with Gasteiger partial charge in [0.25, 0.3) is 0 Å². The van der Waals surface area contributed by atoms with E-state index in [0.29, 0.717) is 0 Å². The average molecular weight is 445 g/mol. The van der Waals surface area contributed by atoms with Gasteiger partial charge in [0.2, 0.25) is 10.0 Å². The molecule has 0 atom stereocenters. The molecule has 0 aliphatic carbocycles. The molecule has 0 saturated carbocycles. The third kappa shape index (κ3) is 4.39. The van der Waals surface area contributed by atoms with E-state index in [1.54, 1.807) is 0 Å². The van der Waals surface area contributed by atoms with Crippen molar-refractivity contribution in [2.24, 2.45) is 0 Å². The zero-order chi connectivity index (χ0) is 19.0. The van der Waals surface area contributed by atoms with Crippen LogP contribution in [0.1, 0.15) is 0 Å². The summed E-state index contributed by atoms with van der Waals surface area (Å²) in [5, 5.41) is 0.130. The van der Waals surface area contributed by atoms with E-state index < -0.39 is 20.1 Å². The second-order valence-corrected chi connectivity index (χ2v) is 9.92. The van der Waals surface area contributed by atoms with Crippen molar-refractivity contribution in [3.63, 3.8) is 0 Å². The van der Waals surface area contributed by atoms with Crippen molar-refractivity contribution < 1.29 is 21.0 Å². The number of hydrogen-bond donors (Lipinski definition) is 0. The van der Waals surface area contributed by atoms with Crippen LogP contribution in [0.5, 0.6) is 5.75 Å². The summed E-state index contributed by atoms with van der Waals surface area (Å²) in [6.45, 7) is 0. The smallest absolute Gasteiger partial charge is 0.339 e.